The van der Waals surface area contributed by atoms with Crippen LogP contribution in [0.1, 0.15) is 29.6 Å². The number of methoxy groups -OCH3 is 2. The van der Waals surface area contributed by atoms with Crippen molar-refractivity contribution in [1.29, 1.82) is 0 Å². The van der Waals surface area contributed by atoms with Crippen molar-refractivity contribution in [2.45, 2.75) is 31.4 Å². The summed E-state index contributed by atoms with van der Waals surface area (Å²) in [4.78, 5) is 19.3. The first-order valence-corrected chi connectivity index (χ1v) is 11.1. The molecule has 32 heavy (non-hydrogen) atoms. The zero-order valence-electron chi connectivity index (χ0n) is 18.6. The van der Waals surface area contributed by atoms with Crippen LogP contribution in [-0.2, 0) is 4.74 Å². The lowest BCUT2D eigenvalue weighted by Crippen LogP contribution is -2.54. The number of aromatic nitrogens is 1. The van der Waals surface area contributed by atoms with Crippen molar-refractivity contribution < 1.29 is 19.0 Å². The fourth-order valence-electron chi connectivity index (χ4n) is 3.81. The molecule has 2 atom stereocenters. The topological polar surface area (TPSA) is 98.9 Å². The number of rotatable bonds is 10. The van der Waals surface area contributed by atoms with Crippen LogP contribution in [0.3, 0.4) is 0 Å². The standard InChI is InChI=1S/C23H31ClN4O4/c1-30-21-13-19(25)18(24)12-17(21)23(29)27-20-7-10-28(15-22(20)31-2)9-3-4-11-32-16-6-5-8-26-14-16/h5-6,8,12-14,20,22H,3-4,7,9-11,15,25H2,1-2H3,(H,27,29)/t20-,22+/m0/s1. The molecular formula is C23H31ClN4O4. The van der Waals surface area contributed by atoms with E-state index in [1.165, 1.54) is 13.2 Å². The van der Waals surface area contributed by atoms with Crippen LogP contribution in [0.25, 0.3) is 0 Å². The van der Waals surface area contributed by atoms with Gasteiger partial charge in [0.15, 0.2) is 0 Å². The number of amides is 1. The summed E-state index contributed by atoms with van der Waals surface area (Å²) >= 11 is 6.11. The number of piperidine rings is 1. The normalized spacial score (nSPS) is 18.8. The van der Waals surface area contributed by atoms with Gasteiger partial charge in [0.25, 0.3) is 5.91 Å². The number of hydrogen-bond donors (Lipinski definition) is 2. The molecule has 174 valence electrons. The summed E-state index contributed by atoms with van der Waals surface area (Å²) in [7, 11) is 3.17. The highest BCUT2D eigenvalue weighted by atomic mass is 35.5. The Kier molecular flexibility index (Phi) is 8.96. The Labute approximate surface area is 194 Å². The third kappa shape index (κ3) is 6.48. The number of carbonyl (C=O) groups excluding carboxylic acids is 1. The number of ether oxygens (including phenoxy) is 3. The van der Waals surface area contributed by atoms with Gasteiger partial charge < -0.3 is 30.2 Å². The highest BCUT2D eigenvalue weighted by Crippen LogP contribution is 2.29. The lowest BCUT2D eigenvalue weighted by Gasteiger charge is -2.38. The first kappa shape index (κ1) is 24.1. The summed E-state index contributed by atoms with van der Waals surface area (Å²) in [6.07, 6.45) is 6.12. The van der Waals surface area contributed by atoms with Crippen molar-refractivity contribution in [2.24, 2.45) is 0 Å². The molecule has 9 heteroatoms. The predicted molar refractivity (Wildman–Crippen MR) is 124 cm³/mol. The fourth-order valence-corrected chi connectivity index (χ4v) is 3.97. The molecule has 1 aromatic carbocycles. The van der Waals surface area contributed by atoms with Gasteiger partial charge in [-0.05, 0) is 44.0 Å². The van der Waals surface area contributed by atoms with Crippen molar-refractivity contribution in [2.75, 3.05) is 46.2 Å². The minimum atomic E-state index is -0.253. The lowest BCUT2D eigenvalue weighted by molar-refractivity contribution is 0.00578. The van der Waals surface area contributed by atoms with Crippen molar-refractivity contribution in [3.63, 3.8) is 0 Å². The molecule has 1 aliphatic heterocycles. The number of likely N-dealkylation sites (tertiary alicyclic amines) is 1. The molecule has 2 aromatic rings. The number of nitrogens with one attached hydrogen (secondary N) is 1. The Bertz CT molecular complexity index is 884. The van der Waals surface area contributed by atoms with E-state index in [1.54, 1.807) is 25.6 Å². The first-order chi connectivity index (χ1) is 15.5. The number of hydrogen-bond acceptors (Lipinski definition) is 7. The molecule has 8 nitrogen and oxygen atoms in total. The Morgan fingerprint density at radius 1 is 1.34 bits per heavy atom. The fraction of sp³-hybridized carbons (Fsp3) is 0.478. The van der Waals surface area contributed by atoms with Crippen LogP contribution < -0.4 is 20.5 Å². The lowest BCUT2D eigenvalue weighted by atomic mass is 10.0. The number of nitrogens with two attached hydrogens (primary N) is 1. The maximum absolute atomic E-state index is 12.9. The molecule has 1 aliphatic rings. The molecule has 0 aliphatic carbocycles. The van der Waals surface area contributed by atoms with Crippen LogP contribution in [0.2, 0.25) is 5.02 Å². The van der Waals surface area contributed by atoms with E-state index in [0.717, 1.165) is 44.6 Å². The monoisotopic (exact) mass is 462 g/mol. The van der Waals surface area contributed by atoms with E-state index in [-0.39, 0.29) is 18.1 Å². The molecular weight excluding hydrogens is 432 g/mol. The maximum atomic E-state index is 12.9. The van der Waals surface area contributed by atoms with Crippen LogP contribution in [0.4, 0.5) is 5.69 Å². The Hall–Kier alpha value is -2.55. The summed E-state index contributed by atoms with van der Waals surface area (Å²) in [5, 5.41) is 3.40. The summed E-state index contributed by atoms with van der Waals surface area (Å²) in [5.41, 5.74) is 6.55. The second kappa shape index (κ2) is 11.9. The zero-order chi connectivity index (χ0) is 22.9. The molecule has 0 spiro atoms. The second-order valence-electron chi connectivity index (χ2n) is 7.76. The Morgan fingerprint density at radius 2 is 2.19 bits per heavy atom. The van der Waals surface area contributed by atoms with Crippen molar-refractivity contribution >= 4 is 23.2 Å². The quantitative estimate of drug-likeness (QED) is 0.413. The third-order valence-corrected chi connectivity index (χ3v) is 5.93. The molecule has 2 heterocycles. The molecule has 1 aromatic heterocycles. The zero-order valence-corrected chi connectivity index (χ0v) is 19.3. The van der Waals surface area contributed by atoms with Gasteiger partial charge in [-0.3, -0.25) is 9.78 Å². The van der Waals surface area contributed by atoms with Gasteiger partial charge in [0.05, 0.1) is 48.3 Å². The highest BCUT2D eigenvalue weighted by molar-refractivity contribution is 6.33. The minimum absolute atomic E-state index is 0.0984. The average Bonchev–Trinajstić information content (AvgIpc) is 2.81. The number of halogens is 1. The Balaban J connectivity index is 1.46. The second-order valence-corrected chi connectivity index (χ2v) is 8.17. The largest absolute Gasteiger partial charge is 0.496 e. The molecule has 1 amide bonds. The van der Waals surface area contributed by atoms with E-state index in [4.69, 9.17) is 31.5 Å². The van der Waals surface area contributed by atoms with Gasteiger partial charge in [-0.1, -0.05) is 11.6 Å². The molecule has 3 N–H and O–H groups in total. The maximum Gasteiger partial charge on any atom is 0.255 e. The van der Waals surface area contributed by atoms with Gasteiger partial charge in [-0.25, -0.2) is 0 Å². The summed E-state index contributed by atoms with van der Waals surface area (Å²) in [6.45, 7) is 3.26. The van der Waals surface area contributed by atoms with E-state index in [0.29, 0.717) is 28.6 Å². The van der Waals surface area contributed by atoms with E-state index >= 15 is 0 Å². The summed E-state index contributed by atoms with van der Waals surface area (Å²) < 4.78 is 16.7. The van der Waals surface area contributed by atoms with Gasteiger partial charge in [0.1, 0.15) is 11.5 Å². The molecule has 1 saturated heterocycles. The average molecular weight is 463 g/mol. The molecule has 0 bridgehead atoms. The van der Waals surface area contributed by atoms with E-state index in [1.807, 2.05) is 12.1 Å². The van der Waals surface area contributed by atoms with Crippen molar-refractivity contribution in [1.82, 2.24) is 15.2 Å². The molecule has 1 fully saturated rings. The summed E-state index contributed by atoms with van der Waals surface area (Å²) in [5.74, 6) is 0.934. The van der Waals surface area contributed by atoms with Crippen molar-refractivity contribution in [3.8, 4) is 11.5 Å². The number of carbonyl (C=O) groups is 1. The third-order valence-electron chi connectivity index (χ3n) is 5.60. The summed E-state index contributed by atoms with van der Waals surface area (Å²) in [6, 6.07) is 6.77. The van der Waals surface area contributed by atoms with Gasteiger partial charge in [-0.15, -0.1) is 0 Å². The number of unbranched alkanes of at least 4 members (excludes halogenated alkanes) is 1. The molecule has 0 saturated carbocycles. The Morgan fingerprint density at radius 3 is 2.91 bits per heavy atom. The first-order valence-electron chi connectivity index (χ1n) is 10.7. The van der Waals surface area contributed by atoms with Crippen LogP contribution in [0.5, 0.6) is 11.5 Å². The van der Waals surface area contributed by atoms with Crippen LogP contribution in [0.15, 0.2) is 36.7 Å². The SMILES string of the molecule is COc1cc(N)c(Cl)cc1C(=O)N[C@H]1CCN(CCCCOc2cccnc2)C[C@H]1OC. The van der Waals surface area contributed by atoms with Crippen LogP contribution in [-0.4, -0.2) is 68.4 Å². The van der Waals surface area contributed by atoms with Crippen LogP contribution in [0, 0.1) is 0 Å². The van der Waals surface area contributed by atoms with Gasteiger partial charge >= 0.3 is 0 Å². The van der Waals surface area contributed by atoms with E-state index in [9.17, 15) is 4.79 Å². The smallest absolute Gasteiger partial charge is 0.255 e. The van der Waals surface area contributed by atoms with Gasteiger partial charge in [-0.2, -0.15) is 0 Å². The number of nitrogens with zero attached hydrogens (tertiary/aromatic N) is 2. The van der Waals surface area contributed by atoms with Crippen molar-refractivity contribution in [3.05, 3.63) is 47.2 Å². The van der Waals surface area contributed by atoms with Crippen LogP contribution >= 0.6 is 11.6 Å². The number of nitrogen functional groups attached to an aromatic ring is 1. The minimum Gasteiger partial charge on any atom is -0.496 e. The highest BCUT2D eigenvalue weighted by Gasteiger charge is 2.31. The van der Waals surface area contributed by atoms with E-state index in [2.05, 4.69) is 15.2 Å². The molecule has 0 radical (unpaired) electrons. The number of benzene rings is 1. The van der Waals surface area contributed by atoms with Gasteiger partial charge in [0, 0.05) is 32.5 Å². The molecule has 3 rings (SSSR count). The number of anilines is 1. The van der Waals surface area contributed by atoms with Gasteiger partial charge in [0.2, 0.25) is 0 Å². The van der Waals surface area contributed by atoms with E-state index < -0.39 is 0 Å². The predicted octanol–water partition coefficient (Wildman–Crippen LogP) is 3.00. The number of pyridine rings is 1. The molecule has 0 unspecified atom stereocenters.